The van der Waals surface area contributed by atoms with E-state index in [4.69, 9.17) is 0 Å². The van der Waals surface area contributed by atoms with E-state index in [1.54, 1.807) is 0 Å². The van der Waals surface area contributed by atoms with E-state index in [1.165, 1.54) is 73.6 Å². The van der Waals surface area contributed by atoms with Crippen LogP contribution < -0.4 is 55.2 Å². The van der Waals surface area contributed by atoms with Crippen molar-refractivity contribution in [1.29, 1.82) is 0 Å². The molecule has 4 atom stereocenters. The summed E-state index contributed by atoms with van der Waals surface area (Å²) in [4.78, 5) is 0. The summed E-state index contributed by atoms with van der Waals surface area (Å²) in [6, 6.07) is 45.1. The topological polar surface area (TPSA) is 48.1 Å². The Labute approximate surface area is 315 Å². The van der Waals surface area contributed by atoms with Gasteiger partial charge in [0.05, 0.1) is 0 Å². The Bertz CT molecular complexity index is 1100. The van der Waals surface area contributed by atoms with E-state index in [1.807, 2.05) is 0 Å². The van der Waals surface area contributed by atoms with Gasteiger partial charge >= 0.3 is 16.5 Å². The summed E-state index contributed by atoms with van der Waals surface area (Å²) in [6.45, 7) is 3.87. The van der Waals surface area contributed by atoms with Gasteiger partial charge in [0.2, 0.25) is 0 Å². The Morgan fingerprint density at radius 2 is 0.532 bits per heavy atom. The predicted octanol–water partition coefficient (Wildman–Crippen LogP) is 1.76. The molecule has 2 aliphatic carbocycles. The number of halogens is 2. The summed E-state index contributed by atoms with van der Waals surface area (Å²) in [5.74, 6) is 0. The van der Waals surface area contributed by atoms with Gasteiger partial charge in [0.25, 0.3) is 0 Å². The zero-order valence-electron chi connectivity index (χ0n) is 27.4. The monoisotopic (exact) mass is 804 g/mol. The first-order valence-electron chi connectivity index (χ1n) is 16.9. The molecular formula is C40H52Br2N4Ni. The van der Waals surface area contributed by atoms with Crippen molar-refractivity contribution in [3.63, 3.8) is 0 Å². The molecule has 0 radical (unpaired) electrons. The summed E-state index contributed by atoms with van der Waals surface area (Å²) < 4.78 is 0. The van der Waals surface area contributed by atoms with Gasteiger partial charge < -0.3 is 55.2 Å². The van der Waals surface area contributed by atoms with Crippen molar-refractivity contribution in [3.05, 3.63) is 144 Å². The van der Waals surface area contributed by atoms with Crippen LogP contribution in [0.25, 0.3) is 0 Å². The Morgan fingerprint density at radius 1 is 0.340 bits per heavy atom. The molecule has 4 nitrogen and oxygen atoms in total. The van der Waals surface area contributed by atoms with Gasteiger partial charge in [0.15, 0.2) is 0 Å². The van der Waals surface area contributed by atoms with Gasteiger partial charge in [-0.1, -0.05) is 147 Å². The third-order valence-electron chi connectivity index (χ3n) is 9.18. The normalized spacial score (nSPS) is 20.3. The first kappa shape index (κ1) is 41.3. The SMILES string of the molecule is [Br-].[Br-].[Ni+2].c1ccc(CNC2CCCC[C@@H]2NCc2ccccc2)cc1.c1ccc(CN[C@H]2CCCC[C@@H]2NCc2ccccc2)cc1. The molecule has 0 saturated heterocycles. The summed E-state index contributed by atoms with van der Waals surface area (Å²) in [5, 5.41) is 15.0. The zero-order chi connectivity index (χ0) is 30.1. The average Bonchev–Trinajstić information content (AvgIpc) is 3.11. The minimum absolute atomic E-state index is 0. The van der Waals surface area contributed by atoms with Crippen LogP contribution in [0.15, 0.2) is 121 Å². The molecule has 2 aliphatic rings. The smallest absolute Gasteiger partial charge is 1.00 e. The molecule has 0 aliphatic heterocycles. The maximum atomic E-state index is 3.76. The van der Waals surface area contributed by atoms with Gasteiger partial charge in [-0.05, 0) is 47.9 Å². The molecule has 6 rings (SSSR count). The molecule has 2 fully saturated rings. The average molecular weight is 807 g/mol. The van der Waals surface area contributed by atoms with Crippen molar-refractivity contribution in [3.8, 4) is 0 Å². The fraction of sp³-hybridized carbons (Fsp3) is 0.400. The van der Waals surface area contributed by atoms with Crippen LogP contribution in [0.4, 0.5) is 0 Å². The molecule has 0 heterocycles. The second-order valence-electron chi connectivity index (χ2n) is 12.5. The number of benzene rings is 4. The molecule has 7 heteroatoms. The molecule has 0 aromatic heterocycles. The number of nitrogens with one attached hydrogen (secondary N) is 4. The van der Waals surface area contributed by atoms with Crippen molar-refractivity contribution >= 4 is 0 Å². The Balaban J connectivity index is 0.000000307. The number of hydrogen-bond acceptors (Lipinski definition) is 4. The Kier molecular flexibility index (Phi) is 21.4. The van der Waals surface area contributed by atoms with E-state index in [-0.39, 0.29) is 50.5 Å². The third-order valence-corrected chi connectivity index (χ3v) is 9.18. The molecule has 2 saturated carbocycles. The van der Waals surface area contributed by atoms with E-state index in [2.05, 4.69) is 143 Å². The maximum Gasteiger partial charge on any atom is 2.00 e. The fourth-order valence-corrected chi connectivity index (χ4v) is 6.62. The molecule has 0 spiro atoms. The molecule has 0 amide bonds. The van der Waals surface area contributed by atoms with Crippen LogP contribution in [0.3, 0.4) is 0 Å². The van der Waals surface area contributed by atoms with Crippen LogP contribution in [-0.4, -0.2) is 24.2 Å². The Hall–Kier alpha value is -1.83. The molecular weight excluding hydrogens is 755 g/mol. The summed E-state index contributed by atoms with van der Waals surface area (Å²) in [5.41, 5.74) is 5.48. The van der Waals surface area contributed by atoms with Crippen LogP contribution in [0.2, 0.25) is 0 Å². The van der Waals surface area contributed by atoms with Gasteiger partial charge in [-0.2, -0.15) is 0 Å². The van der Waals surface area contributed by atoms with Crippen molar-refractivity contribution in [2.24, 2.45) is 0 Å². The van der Waals surface area contributed by atoms with Gasteiger partial charge in [0.1, 0.15) is 0 Å². The molecule has 1 unspecified atom stereocenters. The molecule has 0 bridgehead atoms. The van der Waals surface area contributed by atoms with Crippen LogP contribution in [-0.2, 0) is 42.7 Å². The van der Waals surface area contributed by atoms with E-state index >= 15 is 0 Å². The van der Waals surface area contributed by atoms with Crippen LogP contribution in [0.1, 0.15) is 73.6 Å². The van der Waals surface area contributed by atoms with Gasteiger partial charge in [-0.15, -0.1) is 0 Å². The van der Waals surface area contributed by atoms with E-state index in [9.17, 15) is 0 Å². The molecule has 4 aromatic carbocycles. The summed E-state index contributed by atoms with van der Waals surface area (Å²) in [6.07, 6.45) is 10.5. The molecule has 4 N–H and O–H groups in total. The minimum Gasteiger partial charge on any atom is -1.00 e. The standard InChI is InChI=1S/2C20H26N2.2BrH.Ni/c2*1-3-9-17(10-4-1)15-21-19-13-7-8-14-20(19)22-16-18-11-5-2-6-12-18;;;/h2*1-6,9-12,19-22H,7-8,13-16H2;2*1H;/q;;;;+2/p-2/t19-,20?;19-,20-;;;/m00.../s1. The number of hydrogen-bond donors (Lipinski definition) is 4. The van der Waals surface area contributed by atoms with Crippen LogP contribution in [0, 0.1) is 0 Å². The maximum absolute atomic E-state index is 3.76. The quantitative estimate of drug-likeness (QED) is 0.165. The van der Waals surface area contributed by atoms with Crippen molar-refractivity contribution in [2.45, 2.75) is 102 Å². The molecule has 4 aromatic rings. The largest absolute Gasteiger partial charge is 2.00 e. The summed E-state index contributed by atoms with van der Waals surface area (Å²) in [7, 11) is 0. The zero-order valence-corrected chi connectivity index (χ0v) is 31.6. The second-order valence-corrected chi connectivity index (χ2v) is 12.5. The van der Waals surface area contributed by atoms with E-state index in [0.29, 0.717) is 24.2 Å². The fourth-order valence-electron chi connectivity index (χ4n) is 6.62. The Morgan fingerprint density at radius 3 is 0.723 bits per heavy atom. The van der Waals surface area contributed by atoms with E-state index in [0.717, 1.165) is 26.2 Å². The molecule has 256 valence electrons. The van der Waals surface area contributed by atoms with Gasteiger partial charge in [-0.3, -0.25) is 0 Å². The van der Waals surface area contributed by atoms with Gasteiger partial charge in [-0.25, -0.2) is 0 Å². The van der Waals surface area contributed by atoms with Gasteiger partial charge in [0, 0.05) is 50.3 Å². The van der Waals surface area contributed by atoms with Crippen molar-refractivity contribution in [1.82, 2.24) is 21.3 Å². The number of rotatable bonds is 12. The van der Waals surface area contributed by atoms with E-state index < -0.39 is 0 Å². The first-order valence-corrected chi connectivity index (χ1v) is 16.9. The first-order chi connectivity index (χ1) is 21.8. The minimum atomic E-state index is 0. The predicted molar refractivity (Wildman–Crippen MR) is 185 cm³/mol. The van der Waals surface area contributed by atoms with Crippen molar-refractivity contribution < 1.29 is 50.5 Å². The van der Waals surface area contributed by atoms with Crippen LogP contribution in [0.5, 0.6) is 0 Å². The third kappa shape index (κ3) is 15.1. The van der Waals surface area contributed by atoms with Crippen LogP contribution >= 0.6 is 0 Å². The second kappa shape index (κ2) is 24.3. The van der Waals surface area contributed by atoms with Crippen molar-refractivity contribution in [2.75, 3.05) is 0 Å². The molecule has 47 heavy (non-hydrogen) atoms. The summed E-state index contributed by atoms with van der Waals surface area (Å²) >= 11 is 0.